The maximum atomic E-state index is 6.27. The van der Waals surface area contributed by atoms with E-state index >= 15 is 0 Å². The molecule has 116 valence electrons. The maximum absolute atomic E-state index is 6.27. The zero-order valence-corrected chi connectivity index (χ0v) is 13.6. The normalized spacial score (nSPS) is 26.0. The van der Waals surface area contributed by atoms with E-state index in [4.69, 9.17) is 5.73 Å². The first-order valence-electron chi connectivity index (χ1n) is 8.27. The summed E-state index contributed by atoms with van der Waals surface area (Å²) in [4.78, 5) is 4.64. The Kier molecular flexibility index (Phi) is 3.68. The topological polar surface area (TPSA) is 61.7 Å². The lowest BCUT2D eigenvalue weighted by Gasteiger charge is -2.22. The Morgan fingerprint density at radius 3 is 2.67 bits per heavy atom. The van der Waals surface area contributed by atoms with Crippen LogP contribution in [0.4, 0.5) is 5.95 Å². The van der Waals surface area contributed by atoms with Crippen LogP contribution >= 0.6 is 0 Å². The van der Waals surface area contributed by atoms with Gasteiger partial charge in [0.05, 0.1) is 5.69 Å². The van der Waals surface area contributed by atoms with Gasteiger partial charge in [-0.05, 0) is 31.1 Å². The zero-order chi connectivity index (χ0) is 15.1. The van der Waals surface area contributed by atoms with Gasteiger partial charge in [-0.25, -0.2) is 4.98 Å². The van der Waals surface area contributed by atoms with E-state index in [1.165, 1.54) is 19.3 Å². The van der Waals surface area contributed by atoms with Crippen molar-refractivity contribution in [3.8, 4) is 0 Å². The van der Waals surface area contributed by atoms with Gasteiger partial charge in [0.15, 0.2) is 5.65 Å². The molecule has 0 aliphatic heterocycles. The minimum absolute atomic E-state index is 0.463. The van der Waals surface area contributed by atoms with E-state index in [1.807, 2.05) is 11.7 Å². The van der Waals surface area contributed by atoms with Crippen LogP contribution in [0.5, 0.6) is 0 Å². The molecule has 5 nitrogen and oxygen atoms in total. The predicted molar refractivity (Wildman–Crippen MR) is 86.1 cm³/mol. The summed E-state index contributed by atoms with van der Waals surface area (Å²) in [6.45, 7) is 6.83. The number of nitrogen functional groups attached to an aromatic ring is 1. The van der Waals surface area contributed by atoms with E-state index in [1.54, 1.807) is 0 Å². The van der Waals surface area contributed by atoms with Gasteiger partial charge in [0, 0.05) is 13.1 Å². The van der Waals surface area contributed by atoms with Gasteiger partial charge in [-0.2, -0.15) is 5.10 Å². The minimum Gasteiger partial charge on any atom is -0.369 e. The number of rotatable bonds is 4. The number of hydrogen-bond donors (Lipinski definition) is 1. The number of aryl methyl sites for hydroxylation is 2. The molecule has 2 aromatic heterocycles. The standard InChI is InChI=1S/C16H27N5/c1-5-7-12-14-15(20(4)19-12)21(16(17)18-14)13-9-8-11(6-2)10(13)3/h10-11,13H,5-9H2,1-4H3,(H2,17,18). The first kappa shape index (κ1) is 14.4. The van der Waals surface area contributed by atoms with Crippen LogP contribution in [0.2, 0.25) is 0 Å². The second-order valence-electron chi connectivity index (χ2n) is 6.50. The van der Waals surface area contributed by atoms with Crippen LogP contribution in [0.25, 0.3) is 11.2 Å². The summed E-state index contributed by atoms with van der Waals surface area (Å²) in [6.07, 6.45) is 5.79. The van der Waals surface area contributed by atoms with Crippen molar-refractivity contribution < 1.29 is 0 Å². The van der Waals surface area contributed by atoms with Crippen molar-refractivity contribution in [3.05, 3.63) is 5.69 Å². The smallest absolute Gasteiger partial charge is 0.202 e. The number of hydrogen-bond acceptors (Lipinski definition) is 3. The van der Waals surface area contributed by atoms with Crippen molar-refractivity contribution in [2.45, 2.75) is 58.9 Å². The van der Waals surface area contributed by atoms with Crippen LogP contribution in [0, 0.1) is 11.8 Å². The molecule has 1 saturated carbocycles. The molecule has 1 aliphatic carbocycles. The molecule has 3 atom stereocenters. The van der Waals surface area contributed by atoms with Crippen LogP contribution in [-0.2, 0) is 13.5 Å². The van der Waals surface area contributed by atoms with E-state index in [2.05, 4.69) is 35.4 Å². The molecule has 2 aromatic rings. The van der Waals surface area contributed by atoms with Gasteiger partial charge in [-0.3, -0.25) is 9.25 Å². The third kappa shape index (κ3) is 2.14. The molecule has 21 heavy (non-hydrogen) atoms. The molecule has 5 heteroatoms. The highest BCUT2D eigenvalue weighted by molar-refractivity contribution is 5.78. The molecule has 0 spiro atoms. The second-order valence-corrected chi connectivity index (χ2v) is 6.50. The Bertz CT molecular complexity index is 639. The van der Waals surface area contributed by atoms with Crippen LogP contribution in [0.3, 0.4) is 0 Å². The Hall–Kier alpha value is -1.52. The quantitative estimate of drug-likeness (QED) is 0.939. The Labute approximate surface area is 126 Å². The minimum atomic E-state index is 0.463. The van der Waals surface area contributed by atoms with Gasteiger partial charge < -0.3 is 5.73 Å². The molecule has 0 bridgehead atoms. The summed E-state index contributed by atoms with van der Waals surface area (Å²) < 4.78 is 4.22. The van der Waals surface area contributed by atoms with E-state index in [0.29, 0.717) is 17.9 Å². The number of anilines is 1. The van der Waals surface area contributed by atoms with Crippen molar-refractivity contribution in [3.63, 3.8) is 0 Å². The highest BCUT2D eigenvalue weighted by Crippen LogP contribution is 2.44. The van der Waals surface area contributed by atoms with Gasteiger partial charge in [-0.1, -0.05) is 33.6 Å². The molecule has 1 aliphatic rings. The van der Waals surface area contributed by atoms with Crippen molar-refractivity contribution in [2.75, 3.05) is 5.73 Å². The van der Waals surface area contributed by atoms with Crippen LogP contribution in [-0.4, -0.2) is 19.3 Å². The third-order valence-electron chi connectivity index (χ3n) is 5.29. The highest BCUT2D eigenvalue weighted by atomic mass is 15.4. The Balaban J connectivity index is 2.09. The van der Waals surface area contributed by atoms with Crippen molar-refractivity contribution in [2.24, 2.45) is 18.9 Å². The molecule has 1 fully saturated rings. The Morgan fingerprint density at radius 1 is 1.29 bits per heavy atom. The lowest BCUT2D eigenvalue weighted by molar-refractivity contribution is 0.334. The fourth-order valence-electron chi connectivity index (χ4n) is 4.12. The van der Waals surface area contributed by atoms with Gasteiger partial charge in [0.25, 0.3) is 0 Å². The van der Waals surface area contributed by atoms with E-state index in [-0.39, 0.29) is 0 Å². The lowest BCUT2D eigenvalue weighted by Crippen LogP contribution is -2.18. The molecular formula is C16H27N5. The fraction of sp³-hybridized carbons (Fsp3) is 0.750. The monoisotopic (exact) mass is 289 g/mol. The van der Waals surface area contributed by atoms with Crippen LogP contribution in [0.1, 0.15) is 58.2 Å². The number of nitrogens with two attached hydrogens (primary N) is 1. The summed E-state index contributed by atoms with van der Waals surface area (Å²) in [6, 6.07) is 0.463. The predicted octanol–water partition coefficient (Wildman–Crippen LogP) is 3.30. The van der Waals surface area contributed by atoms with Gasteiger partial charge >= 0.3 is 0 Å². The molecule has 0 aromatic carbocycles. The average Bonchev–Trinajstić information content (AvgIpc) is 3.06. The average molecular weight is 289 g/mol. The molecular weight excluding hydrogens is 262 g/mol. The highest BCUT2D eigenvalue weighted by Gasteiger charge is 2.35. The summed E-state index contributed by atoms with van der Waals surface area (Å²) >= 11 is 0. The molecule has 2 N–H and O–H groups in total. The maximum Gasteiger partial charge on any atom is 0.202 e. The van der Waals surface area contributed by atoms with E-state index in [0.717, 1.165) is 35.6 Å². The van der Waals surface area contributed by atoms with Crippen LogP contribution in [0.15, 0.2) is 0 Å². The largest absolute Gasteiger partial charge is 0.369 e. The summed E-state index contributed by atoms with van der Waals surface area (Å²) in [5, 5.41) is 4.65. The van der Waals surface area contributed by atoms with E-state index < -0.39 is 0 Å². The van der Waals surface area contributed by atoms with Crippen molar-refractivity contribution >= 4 is 17.1 Å². The number of nitrogens with zero attached hydrogens (tertiary/aromatic N) is 4. The SMILES string of the molecule is CCCc1nn(C)c2c1nc(N)n2C1CCC(CC)C1C. The second kappa shape index (κ2) is 5.35. The number of fused-ring (bicyclic) bond motifs is 1. The fourth-order valence-corrected chi connectivity index (χ4v) is 4.12. The lowest BCUT2D eigenvalue weighted by atomic mass is 9.93. The summed E-state index contributed by atoms with van der Waals surface area (Å²) in [5.74, 6) is 2.11. The first-order chi connectivity index (χ1) is 10.1. The Morgan fingerprint density at radius 2 is 2.05 bits per heavy atom. The van der Waals surface area contributed by atoms with Crippen molar-refractivity contribution in [1.82, 2.24) is 19.3 Å². The van der Waals surface area contributed by atoms with Gasteiger partial charge in [0.1, 0.15) is 5.52 Å². The number of imidazole rings is 1. The molecule has 3 rings (SSSR count). The third-order valence-corrected chi connectivity index (χ3v) is 5.29. The summed E-state index contributed by atoms with van der Waals surface area (Å²) in [5.41, 5.74) is 9.46. The molecule has 0 amide bonds. The van der Waals surface area contributed by atoms with Gasteiger partial charge in [0.2, 0.25) is 5.95 Å². The number of aromatic nitrogens is 4. The van der Waals surface area contributed by atoms with E-state index in [9.17, 15) is 0 Å². The zero-order valence-electron chi connectivity index (χ0n) is 13.6. The molecule has 0 saturated heterocycles. The van der Waals surface area contributed by atoms with Gasteiger partial charge in [-0.15, -0.1) is 0 Å². The molecule has 2 heterocycles. The molecule has 0 radical (unpaired) electrons. The summed E-state index contributed by atoms with van der Waals surface area (Å²) in [7, 11) is 2.01. The van der Waals surface area contributed by atoms with Crippen molar-refractivity contribution in [1.29, 1.82) is 0 Å². The molecule has 3 unspecified atom stereocenters. The first-order valence-corrected chi connectivity index (χ1v) is 8.27. The van der Waals surface area contributed by atoms with Crippen LogP contribution < -0.4 is 5.73 Å².